The van der Waals surface area contributed by atoms with Crippen molar-refractivity contribution in [2.45, 2.75) is 12.8 Å². The Morgan fingerprint density at radius 1 is 1.36 bits per heavy atom. The summed E-state index contributed by atoms with van der Waals surface area (Å²) >= 11 is 5.58. The van der Waals surface area contributed by atoms with E-state index < -0.39 is 5.97 Å². The topological polar surface area (TPSA) is 67.3 Å². The molecule has 0 aliphatic carbocycles. The maximum atomic E-state index is 11.3. The molecule has 1 rings (SSSR count). The van der Waals surface area contributed by atoms with Crippen LogP contribution in [0.4, 0.5) is 0 Å². The van der Waals surface area contributed by atoms with Crippen LogP contribution in [-0.2, 0) is 4.79 Å². The molecule has 1 heterocycles. The van der Waals surface area contributed by atoms with Crippen LogP contribution in [-0.4, -0.2) is 21.8 Å². The van der Waals surface area contributed by atoms with Gasteiger partial charge in [0.15, 0.2) is 5.78 Å². The molecule has 0 atom stereocenters. The van der Waals surface area contributed by atoms with Crippen LogP contribution in [0.1, 0.15) is 23.3 Å². The van der Waals surface area contributed by atoms with Crippen molar-refractivity contribution in [2.24, 2.45) is 0 Å². The Hall–Kier alpha value is -1.42. The zero-order valence-electron chi connectivity index (χ0n) is 7.24. The van der Waals surface area contributed by atoms with Crippen molar-refractivity contribution in [3.8, 4) is 0 Å². The van der Waals surface area contributed by atoms with Gasteiger partial charge in [-0.15, -0.1) is 0 Å². The summed E-state index contributed by atoms with van der Waals surface area (Å²) in [6.07, 6.45) is 1.14. The van der Waals surface area contributed by atoms with Crippen molar-refractivity contribution in [3.63, 3.8) is 0 Å². The second-order valence-electron chi connectivity index (χ2n) is 2.68. The summed E-state index contributed by atoms with van der Waals surface area (Å²) in [5, 5.41) is 8.80. The van der Waals surface area contributed by atoms with E-state index in [1.54, 1.807) is 6.07 Å². The zero-order valence-corrected chi connectivity index (χ0v) is 7.99. The predicted molar refractivity (Wildman–Crippen MR) is 50.4 cm³/mol. The van der Waals surface area contributed by atoms with E-state index >= 15 is 0 Å². The van der Waals surface area contributed by atoms with Crippen LogP contribution in [0.15, 0.2) is 18.3 Å². The third kappa shape index (κ3) is 3.14. The highest BCUT2D eigenvalue weighted by molar-refractivity contribution is 6.30. The van der Waals surface area contributed by atoms with E-state index in [0.29, 0.717) is 5.02 Å². The molecule has 5 heteroatoms. The number of hydrogen-bond donors (Lipinski definition) is 1. The molecule has 0 bridgehead atoms. The third-order valence-corrected chi connectivity index (χ3v) is 1.80. The minimum absolute atomic E-state index is 0.0377. The lowest BCUT2D eigenvalue weighted by molar-refractivity contribution is -0.136. The van der Waals surface area contributed by atoms with Crippen LogP contribution in [0.25, 0.3) is 0 Å². The van der Waals surface area contributed by atoms with Crippen molar-refractivity contribution in [1.82, 2.24) is 4.98 Å². The lowest BCUT2D eigenvalue weighted by atomic mass is 10.1. The highest BCUT2D eigenvalue weighted by atomic mass is 35.5. The standard InChI is InChI=1S/C9H8ClNO3/c10-6-1-2-7(11-5-6)8(12)3-4-9(13)14/h1-2,5H,3-4H2,(H,13,14). The summed E-state index contributed by atoms with van der Waals surface area (Å²) < 4.78 is 0. The molecule has 1 aromatic rings. The lowest BCUT2D eigenvalue weighted by Gasteiger charge is -1.97. The van der Waals surface area contributed by atoms with Gasteiger partial charge in [0.05, 0.1) is 11.4 Å². The van der Waals surface area contributed by atoms with Gasteiger partial charge in [0.25, 0.3) is 0 Å². The quantitative estimate of drug-likeness (QED) is 0.775. The Morgan fingerprint density at radius 2 is 2.07 bits per heavy atom. The van der Waals surface area contributed by atoms with Crippen molar-refractivity contribution in [2.75, 3.05) is 0 Å². The van der Waals surface area contributed by atoms with Gasteiger partial charge in [0.1, 0.15) is 5.69 Å². The van der Waals surface area contributed by atoms with Crippen LogP contribution in [0.2, 0.25) is 5.02 Å². The summed E-state index contributed by atoms with van der Waals surface area (Å²) in [6.45, 7) is 0. The number of aliphatic carboxylic acids is 1. The first kappa shape index (κ1) is 10.7. The van der Waals surface area contributed by atoms with Crippen LogP contribution in [0.5, 0.6) is 0 Å². The van der Waals surface area contributed by atoms with Crippen molar-refractivity contribution < 1.29 is 14.7 Å². The Morgan fingerprint density at radius 3 is 2.57 bits per heavy atom. The molecule has 0 spiro atoms. The van der Waals surface area contributed by atoms with Gasteiger partial charge in [-0.25, -0.2) is 0 Å². The number of pyridine rings is 1. The van der Waals surface area contributed by atoms with Gasteiger partial charge in [-0.05, 0) is 12.1 Å². The van der Waals surface area contributed by atoms with E-state index in [9.17, 15) is 9.59 Å². The van der Waals surface area contributed by atoms with E-state index in [0.717, 1.165) is 0 Å². The summed E-state index contributed by atoms with van der Waals surface area (Å²) in [6, 6.07) is 3.02. The summed E-state index contributed by atoms with van der Waals surface area (Å²) in [5.41, 5.74) is 0.246. The molecule has 0 saturated carbocycles. The van der Waals surface area contributed by atoms with Gasteiger partial charge >= 0.3 is 5.97 Å². The summed E-state index contributed by atoms with van der Waals surface area (Å²) in [7, 11) is 0. The molecule has 0 radical (unpaired) electrons. The molecule has 0 amide bonds. The SMILES string of the molecule is O=C(O)CCC(=O)c1ccc(Cl)cn1. The number of Topliss-reactive ketones (excluding diaryl/α,β-unsaturated/α-hetero) is 1. The first-order valence-corrected chi connectivity index (χ1v) is 4.34. The fraction of sp³-hybridized carbons (Fsp3) is 0.222. The minimum Gasteiger partial charge on any atom is -0.481 e. The molecule has 1 aromatic heterocycles. The average Bonchev–Trinajstić information content (AvgIpc) is 2.15. The van der Waals surface area contributed by atoms with Gasteiger partial charge in [-0.3, -0.25) is 14.6 Å². The minimum atomic E-state index is -0.993. The maximum Gasteiger partial charge on any atom is 0.303 e. The Bertz CT molecular complexity index is 348. The average molecular weight is 214 g/mol. The number of carboxylic acid groups (broad SMARTS) is 1. The molecule has 4 nitrogen and oxygen atoms in total. The molecule has 0 saturated heterocycles. The van der Waals surface area contributed by atoms with Crippen molar-refractivity contribution in [1.29, 1.82) is 0 Å². The number of carboxylic acids is 1. The molecule has 0 aliphatic heterocycles. The molecule has 0 unspecified atom stereocenters. The summed E-state index contributed by atoms with van der Waals surface area (Å²) in [4.78, 5) is 25.3. The number of nitrogens with zero attached hydrogens (tertiary/aromatic N) is 1. The van der Waals surface area contributed by atoms with Crippen LogP contribution in [0, 0.1) is 0 Å². The second kappa shape index (κ2) is 4.72. The monoisotopic (exact) mass is 213 g/mol. The number of carbonyl (C=O) groups excluding carboxylic acids is 1. The predicted octanol–water partition coefficient (Wildman–Crippen LogP) is 1.78. The fourth-order valence-corrected chi connectivity index (χ4v) is 1.00. The van der Waals surface area contributed by atoms with Crippen molar-refractivity contribution >= 4 is 23.4 Å². The number of hydrogen-bond acceptors (Lipinski definition) is 3. The van der Waals surface area contributed by atoms with Gasteiger partial charge in [0.2, 0.25) is 0 Å². The molecule has 1 N–H and O–H groups in total. The maximum absolute atomic E-state index is 11.3. The molecule has 0 aliphatic rings. The highest BCUT2D eigenvalue weighted by Gasteiger charge is 2.09. The zero-order chi connectivity index (χ0) is 10.6. The van der Waals surface area contributed by atoms with E-state index in [1.807, 2.05) is 0 Å². The van der Waals surface area contributed by atoms with E-state index in [4.69, 9.17) is 16.7 Å². The largest absolute Gasteiger partial charge is 0.481 e. The molecular formula is C9H8ClNO3. The summed E-state index contributed by atoms with van der Waals surface area (Å²) in [5.74, 6) is -1.28. The van der Waals surface area contributed by atoms with Crippen LogP contribution in [0.3, 0.4) is 0 Å². The Labute approximate surface area is 85.5 Å². The number of halogens is 1. The van der Waals surface area contributed by atoms with E-state index in [1.165, 1.54) is 12.3 Å². The highest BCUT2D eigenvalue weighted by Crippen LogP contribution is 2.08. The number of aromatic nitrogens is 1. The molecule has 14 heavy (non-hydrogen) atoms. The molecule has 0 fully saturated rings. The molecular weight excluding hydrogens is 206 g/mol. The van der Waals surface area contributed by atoms with Gasteiger partial charge in [0, 0.05) is 12.6 Å². The number of ketones is 1. The normalized spacial score (nSPS) is 9.79. The smallest absolute Gasteiger partial charge is 0.303 e. The van der Waals surface area contributed by atoms with Crippen molar-refractivity contribution in [3.05, 3.63) is 29.0 Å². The van der Waals surface area contributed by atoms with Crippen LogP contribution < -0.4 is 0 Å². The molecule has 74 valence electrons. The number of rotatable bonds is 4. The lowest BCUT2D eigenvalue weighted by Crippen LogP contribution is -2.05. The third-order valence-electron chi connectivity index (χ3n) is 1.58. The first-order valence-electron chi connectivity index (χ1n) is 3.96. The fourth-order valence-electron chi connectivity index (χ4n) is 0.889. The Kier molecular flexibility index (Phi) is 3.59. The van der Waals surface area contributed by atoms with Crippen LogP contribution >= 0.6 is 11.6 Å². The van der Waals surface area contributed by atoms with Gasteiger partial charge < -0.3 is 5.11 Å². The Balaban J connectivity index is 2.61. The van der Waals surface area contributed by atoms with E-state index in [2.05, 4.69) is 4.98 Å². The van der Waals surface area contributed by atoms with Gasteiger partial charge in [-0.1, -0.05) is 11.6 Å². The van der Waals surface area contributed by atoms with Gasteiger partial charge in [-0.2, -0.15) is 0 Å². The number of carbonyl (C=O) groups is 2. The second-order valence-corrected chi connectivity index (χ2v) is 3.12. The first-order chi connectivity index (χ1) is 6.59. The van der Waals surface area contributed by atoms with E-state index in [-0.39, 0.29) is 24.3 Å². The molecule has 0 aromatic carbocycles.